The molecule has 0 aromatic carbocycles. The minimum absolute atomic E-state index is 0.401. The minimum Gasteiger partial charge on any atom is -0.466 e. The molecule has 0 aliphatic rings. The highest BCUT2D eigenvalue weighted by molar-refractivity contribution is 8.02. The molecule has 0 fully saturated rings. The highest BCUT2D eigenvalue weighted by Gasteiger charge is 2.04. The van der Waals surface area contributed by atoms with Crippen molar-refractivity contribution in [3.63, 3.8) is 0 Å². The van der Waals surface area contributed by atoms with Crippen LogP contribution in [-0.2, 0) is 9.53 Å². The standard InChI is InChI=1S/C9H8N4O2S/c1-15-6(14)2-3-16-9-7-8(11-4-10-7)12-5-13-9/h2-5H,1H3,(H,10,11,12,13). The molecule has 0 saturated heterocycles. The largest absolute Gasteiger partial charge is 0.466 e. The number of esters is 1. The van der Waals surface area contributed by atoms with Crippen LogP contribution in [0.2, 0.25) is 0 Å². The molecule has 0 bridgehead atoms. The lowest BCUT2D eigenvalue weighted by Crippen LogP contribution is -1.92. The molecule has 6 nitrogen and oxygen atoms in total. The molecule has 0 unspecified atom stereocenters. The monoisotopic (exact) mass is 236 g/mol. The molecule has 16 heavy (non-hydrogen) atoms. The lowest BCUT2D eigenvalue weighted by atomic mass is 10.6. The maximum atomic E-state index is 10.8. The van der Waals surface area contributed by atoms with Gasteiger partial charge in [0.25, 0.3) is 0 Å². The first kappa shape index (κ1) is 10.6. The van der Waals surface area contributed by atoms with Crippen LogP contribution in [0.15, 0.2) is 29.2 Å². The van der Waals surface area contributed by atoms with Crippen molar-refractivity contribution in [2.45, 2.75) is 5.03 Å². The van der Waals surface area contributed by atoms with Crippen molar-refractivity contribution in [2.24, 2.45) is 0 Å². The second kappa shape index (κ2) is 4.75. The number of thioether (sulfide) groups is 1. The molecular formula is C9H8N4O2S. The molecule has 0 aliphatic heterocycles. The van der Waals surface area contributed by atoms with Crippen LogP contribution in [-0.4, -0.2) is 33.0 Å². The molecule has 0 atom stereocenters. The number of rotatable bonds is 3. The number of aromatic nitrogens is 4. The first-order valence-corrected chi connectivity index (χ1v) is 5.24. The molecule has 2 aromatic heterocycles. The van der Waals surface area contributed by atoms with Crippen LogP contribution in [0.25, 0.3) is 11.2 Å². The zero-order chi connectivity index (χ0) is 11.4. The van der Waals surface area contributed by atoms with Crippen molar-refractivity contribution in [3.05, 3.63) is 24.1 Å². The van der Waals surface area contributed by atoms with E-state index in [1.807, 2.05) is 0 Å². The number of H-pyrrole nitrogens is 1. The van der Waals surface area contributed by atoms with E-state index in [2.05, 4.69) is 24.7 Å². The number of carbonyl (C=O) groups is 1. The maximum absolute atomic E-state index is 10.8. The summed E-state index contributed by atoms with van der Waals surface area (Å²) in [7, 11) is 1.33. The summed E-state index contributed by atoms with van der Waals surface area (Å²) in [6.45, 7) is 0. The van der Waals surface area contributed by atoms with Gasteiger partial charge in [0.1, 0.15) is 16.9 Å². The lowest BCUT2D eigenvalue weighted by molar-refractivity contribution is -0.134. The summed E-state index contributed by atoms with van der Waals surface area (Å²) in [6, 6.07) is 0. The number of imidazole rings is 1. The molecule has 0 saturated carbocycles. The lowest BCUT2D eigenvalue weighted by Gasteiger charge is -1.95. The van der Waals surface area contributed by atoms with Gasteiger partial charge in [-0.1, -0.05) is 11.8 Å². The fourth-order valence-electron chi connectivity index (χ4n) is 1.05. The predicted molar refractivity (Wildman–Crippen MR) is 58.7 cm³/mol. The van der Waals surface area contributed by atoms with Crippen LogP contribution in [0, 0.1) is 0 Å². The summed E-state index contributed by atoms with van der Waals surface area (Å²) in [4.78, 5) is 25.8. The minimum atomic E-state index is -0.401. The number of nitrogens with one attached hydrogen (secondary N) is 1. The molecule has 2 rings (SSSR count). The summed E-state index contributed by atoms with van der Waals surface area (Å²) in [5, 5.41) is 2.32. The number of fused-ring (bicyclic) bond motifs is 1. The zero-order valence-electron chi connectivity index (χ0n) is 8.38. The molecule has 1 N–H and O–H groups in total. The molecule has 0 spiro atoms. The van der Waals surface area contributed by atoms with Gasteiger partial charge in [-0.3, -0.25) is 0 Å². The maximum Gasteiger partial charge on any atom is 0.330 e. The van der Waals surface area contributed by atoms with E-state index < -0.39 is 5.97 Å². The normalized spacial score (nSPS) is 11.1. The zero-order valence-corrected chi connectivity index (χ0v) is 9.19. The average Bonchev–Trinajstić information content (AvgIpc) is 2.77. The Morgan fingerprint density at radius 1 is 1.50 bits per heavy atom. The smallest absolute Gasteiger partial charge is 0.330 e. The van der Waals surface area contributed by atoms with Gasteiger partial charge in [-0.25, -0.2) is 19.7 Å². The van der Waals surface area contributed by atoms with Crippen molar-refractivity contribution in [1.29, 1.82) is 0 Å². The van der Waals surface area contributed by atoms with Crippen molar-refractivity contribution in [2.75, 3.05) is 7.11 Å². The van der Waals surface area contributed by atoms with E-state index in [0.717, 1.165) is 5.52 Å². The molecule has 2 aromatic rings. The Morgan fingerprint density at radius 3 is 3.19 bits per heavy atom. The van der Waals surface area contributed by atoms with Crippen LogP contribution in [0.4, 0.5) is 0 Å². The summed E-state index contributed by atoms with van der Waals surface area (Å²) in [5.41, 5.74) is 1.35. The van der Waals surface area contributed by atoms with Gasteiger partial charge in [0.2, 0.25) is 0 Å². The van der Waals surface area contributed by atoms with E-state index in [0.29, 0.717) is 10.7 Å². The van der Waals surface area contributed by atoms with E-state index in [-0.39, 0.29) is 0 Å². The van der Waals surface area contributed by atoms with Crippen molar-refractivity contribution >= 4 is 28.9 Å². The van der Waals surface area contributed by atoms with Crippen molar-refractivity contribution in [3.8, 4) is 0 Å². The second-order valence-electron chi connectivity index (χ2n) is 2.72. The van der Waals surface area contributed by atoms with Gasteiger partial charge in [-0.15, -0.1) is 0 Å². The SMILES string of the molecule is COC(=O)C=CSc1ncnc2nc[nH]c12. The summed E-state index contributed by atoms with van der Waals surface area (Å²) in [6.07, 6.45) is 4.31. The Balaban J connectivity index is 2.18. The molecule has 0 radical (unpaired) electrons. The molecular weight excluding hydrogens is 228 g/mol. The van der Waals surface area contributed by atoms with E-state index in [4.69, 9.17) is 0 Å². The Hall–Kier alpha value is -1.89. The van der Waals surface area contributed by atoms with Gasteiger partial charge in [0, 0.05) is 6.08 Å². The van der Waals surface area contributed by atoms with Crippen LogP contribution >= 0.6 is 11.8 Å². The van der Waals surface area contributed by atoms with Crippen molar-refractivity contribution < 1.29 is 9.53 Å². The van der Waals surface area contributed by atoms with Crippen molar-refractivity contribution in [1.82, 2.24) is 19.9 Å². The van der Waals surface area contributed by atoms with Gasteiger partial charge in [0.15, 0.2) is 5.65 Å². The fourth-order valence-corrected chi connectivity index (χ4v) is 1.74. The highest BCUT2D eigenvalue weighted by atomic mass is 32.2. The summed E-state index contributed by atoms with van der Waals surface area (Å²) in [5.74, 6) is -0.401. The van der Waals surface area contributed by atoms with E-state index in [1.165, 1.54) is 31.3 Å². The number of nitrogens with zero attached hydrogens (tertiary/aromatic N) is 3. The van der Waals surface area contributed by atoms with Crippen LogP contribution in [0.1, 0.15) is 0 Å². The van der Waals surface area contributed by atoms with Crippen LogP contribution < -0.4 is 0 Å². The average molecular weight is 236 g/mol. The van der Waals surface area contributed by atoms with Gasteiger partial charge in [0.05, 0.1) is 13.4 Å². The van der Waals surface area contributed by atoms with E-state index in [1.54, 1.807) is 11.7 Å². The second-order valence-corrected chi connectivity index (χ2v) is 3.62. The van der Waals surface area contributed by atoms with E-state index in [9.17, 15) is 4.79 Å². The van der Waals surface area contributed by atoms with E-state index >= 15 is 0 Å². The third kappa shape index (κ3) is 2.19. The van der Waals surface area contributed by atoms with Gasteiger partial charge >= 0.3 is 5.97 Å². The first-order valence-electron chi connectivity index (χ1n) is 4.36. The number of ether oxygens (including phenoxy) is 1. The summed E-state index contributed by atoms with van der Waals surface area (Å²) >= 11 is 1.29. The Kier molecular flexibility index (Phi) is 3.16. The highest BCUT2D eigenvalue weighted by Crippen LogP contribution is 2.22. The third-order valence-electron chi connectivity index (χ3n) is 1.77. The molecule has 0 aliphatic carbocycles. The Labute approximate surface area is 95.1 Å². The number of hydrogen-bond donors (Lipinski definition) is 1. The quantitative estimate of drug-likeness (QED) is 0.372. The third-order valence-corrected chi connectivity index (χ3v) is 2.58. The van der Waals surface area contributed by atoms with Crippen LogP contribution in [0.5, 0.6) is 0 Å². The molecule has 7 heteroatoms. The number of aromatic amines is 1. The van der Waals surface area contributed by atoms with Gasteiger partial charge in [-0.2, -0.15) is 0 Å². The fraction of sp³-hybridized carbons (Fsp3) is 0.111. The molecule has 0 amide bonds. The summed E-state index contributed by atoms with van der Waals surface area (Å²) < 4.78 is 4.47. The molecule has 2 heterocycles. The number of carbonyl (C=O) groups excluding carboxylic acids is 1. The number of methoxy groups -OCH3 is 1. The Morgan fingerprint density at radius 2 is 2.38 bits per heavy atom. The Bertz CT molecular complexity index is 537. The van der Waals surface area contributed by atoms with Crippen LogP contribution in [0.3, 0.4) is 0 Å². The van der Waals surface area contributed by atoms with Gasteiger partial charge < -0.3 is 9.72 Å². The first-order chi connectivity index (χ1) is 7.81. The topological polar surface area (TPSA) is 80.8 Å². The molecule has 82 valence electrons. The van der Waals surface area contributed by atoms with Gasteiger partial charge in [-0.05, 0) is 5.41 Å². The number of hydrogen-bond acceptors (Lipinski definition) is 6. The predicted octanol–water partition coefficient (Wildman–Crippen LogP) is 1.13.